The van der Waals surface area contributed by atoms with Crippen molar-refractivity contribution in [1.82, 2.24) is 0 Å². The molecule has 4 heteroatoms. The van der Waals surface area contributed by atoms with Gasteiger partial charge in [0.25, 0.3) is 0 Å². The van der Waals surface area contributed by atoms with Crippen LogP contribution in [-0.2, 0) is 5.60 Å². The second-order valence-electron chi connectivity index (χ2n) is 4.91. The molecule has 1 aliphatic rings. The third-order valence-electron chi connectivity index (χ3n) is 3.64. The molecule has 1 aromatic rings. The first-order chi connectivity index (χ1) is 7.94. The number of benzene rings is 1. The van der Waals surface area contributed by atoms with Crippen LogP contribution in [0.2, 0.25) is 0 Å². The van der Waals surface area contributed by atoms with Crippen LogP contribution in [0.25, 0.3) is 0 Å². The molecule has 1 saturated heterocycles. The number of hydrogen-bond acceptors (Lipinski definition) is 2. The van der Waals surface area contributed by atoms with Crippen molar-refractivity contribution < 1.29 is 19.5 Å². The molecule has 0 bridgehead atoms. The lowest BCUT2D eigenvalue weighted by atomic mass is 9.75. The van der Waals surface area contributed by atoms with E-state index in [9.17, 15) is 14.6 Å². The van der Waals surface area contributed by atoms with Crippen LogP contribution in [0.5, 0.6) is 0 Å². The molecule has 0 saturated carbocycles. The van der Waals surface area contributed by atoms with E-state index in [1.54, 1.807) is 0 Å². The highest BCUT2D eigenvalue weighted by molar-refractivity contribution is 5.26. The van der Waals surface area contributed by atoms with Crippen molar-refractivity contribution in [2.24, 2.45) is 5.92 Å². The molecular weight excluding hydrogens is 221 g/mol. The van der Waals surface area contributed by atoms with Gasteiger partial charge in [0.05, 0.1) is 13.1 Å². The maximum Gasteiger partial charge on any atom is 0.134 e. The van der Waals surface area contributed by atoms with E-state index in [0.29, 0.717) is 18.7 Å². The predicted molar refractivity (Wildman–Crippen MR) is 61.5 cm³/mol. The molecule has 4 unspecified atom stereocenters. The van der Waals surface area contributed by atoms with Gasteiger partial charge in [-0.05, 0) is 17.7 Å². The van der Waals surface area contributed by atoms with Crippen LogP contribution in [0.1, 0.15) is 12.5 Å². The molecule has 17 heavy (non-hydrogen) atoms. The summed E-state index contributed by atoms with van der Waals surface area (Å²) in [6.45, 7) is 2.93. The largest absolute Gasteiger partial charge is 0.465 e. The lowest BCUT2D eigenvalue weighted by Crippen LogP contribution is -3.11. The Hall–Kier alpha value is -0.970. The van der Waals surface area contributed by atoms with Crippen LogP contribution in [0.3, 0.4) is 0 Å². The fourth-order valence-electron chi connectivity index (χ4n) is 2.62. The molecule has 3 N–H and O–H groups in total. The maximum atomic E-state index is 12.9. The van der Waals surface area contributed by atoms with Gasteiger partial charge in [-0.2, -0.15) is 7.05 Å². The Morgan fingerprint density at radius 1 is 1.35 bits per heavy atom. The monoisotopic (exact) mass is 239 g/mol. The number of piperidine rings is 1. The Labute approximate surface area is 100 Å². The smallest absolute Gasteiger partial charge is 0.134 e. The lowest BCUT2D eigenvalue weighted by Gasteiger charge is -2.46. The van der Waals surface area contributed by atoms with Crippen molar-refractivity contribution >= 4 is 0 Å². The molecule has 0 aromatic heterocycles. The second-order valence-corrected chi connectivity index (χ2v) is 4.91. The summed E-state index contributed by atoms with van der Waals surface area (Å²) in [5.41, 5.74) is -0.749. The summed E-state index contributed by atoms with van der Waals surface area (Å²) in [6, 6.07) is 5.67. The van der Waals surface area contributed by atoms with Crippen LogP contribution in [0.15, 0.2) is 24.3 Å². The summed E-state index contributed by atoms with van der Waals surface area (Å²) >= 11 is 0. The molecular formula is C13H18FNO2. The van der Waals surface area contributed by atoms with E-state index in [1.807, 2.05) is 6.92 Å². The highest BCUT2D eigenvalue weighted by atomic mass is 19.1. The van der Waals surface area contributed by atoms with Gasteiger partial charge in [-0.25, -0.2) is 4.39 Å². The van der Waals surface area contributed by atoms with E-state index in [-0.39, 0.29) is 11.7 Å². The number of halogens is 1. The Morgan fingerprint density at radius 2 is 1.94 bits per heavy atom. The minimum atomic E-state index is -1.31. The molecule has 2 rings (SSSR count). The molecule has 1 aliphatic heterocycles. The third-order valence-corrected chi connectivity index (χ3v) is 3.64. The lowest BCUT2D eigenvalue weighted by molar-refractivity contribution is -0.871. The van der Waals surface area contributed by atoms with Crippen molar-refractivity contribution in [3.63, 3.8) is 0 Å². The highest BCUT2D eigenvalue weighted by Gasteiger charge is 2.47. The van der Waals surface area contributed by atoms with Crippen molar-refractivity contribution in [3.8, 4) is 0 Å². The number of aliphatic hydroxyl groups is 2. The van der Waals surface area contributed by atoms with E-state index < -0.39 is 11.7 Å². The minimum absolute atomic E-state index is 0.135. The molecule has 0 amide bonds. The Kier molecular flexibility index (Phi) is 3.21. The van der Waals surface area contributed by atoms with Crippen molar-refractivity contribution in [3.05, 3.63) is 42.7 Å². The first kappa shape index (κ1) is 12.5. The van der Waals surface area contributed by atoms with Crippen LogP contribution < -0.4 is 4.90 Å². The van der Waals surface area contributed by atoms with Gasteiger partial charge in [0.1, 0.15) is 17.5 Å². The van der Waals surface area contributed by atoms with E-state index in [2.05, 4.69) is 7.05 Å². The molecule has 3 nitrogen and oxygen atoms in total. The van der Waals surface area contributed by atoms with Crippen molar-refractivity contribution in [2.75, 3.05) is 13.1 Å². The molecule has 4 atom stereocenters. The first-order valence-electron chi connectivity index (χ1n) is 5.77. The van der Waals surface area contributed by atoms with E-state index in [0.717, 1.165) is 4.90 Å². The molecule has 1 aromatic carbocycles. The number of quaternary nitrogens is 1. The zero-order valence-electron chi connectivity index (χ0n) is 9.86. The molecule has 0 aliphatic carbocycles. The average molecular weight is 239 g/mol. The van der Waals surface area contributed by atoms with Gasteiger partial charge in [0, 0.05) is 5.92 Å². The van der Waals surface area contributed by atoms with Gasteiger partial charge in [-0.1, -0.05) is 19.1 Å². The SMILES string of the molecule is [CH2-][NH+]1CC(C)C(O)(c2ccc(F)cc2)C(O)C1. The summed E-state index contributed by atoms with van der Waals surface area (Å²) in [5.74, 6) is -0.482. The number of aliphatic hydroxyl groups excluding tert-OH is 1. The van der Waals surface area contributed by atoms with Crippen LogP contribution in [-0.4, -0.2) is 29.4 Å². The maximum absolute atomic E-state index is 12.9. The zero-order chi connectivity index (χ0) is 12.6. The predicted octanol–water partition coefficient (Wildman–Crippen LogP) is -0.300. The van der Waals surface area contributed by atoms with Crippen molar-refractivity contribution in [2.45, 2.75) is 18.6 Å². The number of nitrogens with one attached hydrogen (secondary N) is 1. The van der Waals surface area contributed by atoms with Gasteiger partial charge in [0.2, 0.25) is 0 Å². The topological polar surface area (TPSA) is 44.9 Å². The summed E-state index contributed by atoms with van der Waals surface area (Å²) < 4.78 is 12.9. The fraction of sp³-hybridized carbons (Fsp3) is 0.462. The summed E-state index contributed by atoms with van der Waals surface area (Å²) in [6.07, 6.45) is -0.885. The summed E-state index contributed by atoms with van der Waals surface area (Å²) in [4.78, 5) is 0.941. The van der Waals surface area contributed by atoms with Gasteiger partial charge < -0.3 is 15.1 Å². The Morgan fingerprint density at radius 3 is 2.47 bits per heavy atom. The van der Waals surface area contributed by atoms with Crippen molar-refractivity contribution in [1.29, 1.82) is 0 Å². The highest BCUT2D eigenvalue weighted by Crippen LogP contribution is 2.34. The van der Waals surface area contributed by atoms with Gasteiger partial charge in [0.15, 0.2) is 0 Å². The van der Waals surface area contributed by atoms with Crippen LogP contribution >= 0.6 is 0 Å². The Bertz CT molecular complexity index is 381. The minimum Gasteiger partial charge on any atom is -0.465 e. The van der Waals surface area contributed by atoms with Gasteiger partial charge in [-0.15, -0.1) is 0 Å². The summed E-state index contributed by atoms with van der Waals surface area (Å²) in [7, 11) is 3.86. The van der Waals surface area contributed by atoms with Crippen LogP contribution in [0, 0.1) is 18.8 Å². The zero-order valence-corrected chi connectivity index (χ0v) is 9.86. The number of hydrogen-bond donors (Lipinski definition) is 3. The number of rotatable bonds is 1. The standard InChI is InChI=1S/C13H18FNO2/c1-9-7-15(2)8-12(16)13(9,17)10-3-5-11(14)6-4-10/h3-6,9,12,15-17H,2,7-8H2,1H3. The fourth-order valence-corrected chi connectivity index (χ4v) is 2.62. The molecule has 0 radical (unpaired) electrons. The van der Waals surface area contributed by atoms with E-state index >= 15 is 0 Å². The van der Waals surface area contributed by atoms with Crippen LogP contribution in [0.4, 0.5) is 4.39 Å². The summed E-state index contributed by atoms with van der Waals surface area (Å²) in [5, 5.41) is 20.8. The van der Waals surface area contributed by atoms with E-state index in [4.69, 9.17) is 0 Å². The van der Waals surface area contributed by atoms with E-state index in [1.165, 1.54) is 24.3 Å². The van der Waals surface area contributed by atoms with Gasteiger partial charge in [-0.3, -0.25) is 0 Å². The quantitative estimate of drug-likeness (QED) is 0.589. The average Bonchev–Trinajstić information content (AvgIpc) is 2.26. The molecule has 1 heterocycles. The molecule has 0 spiro atoms. The number of likely N-dealkylation sites (tertiary alicyclic amines) is 1. The molecule has 94 valence electrons. The Balaban J connectivity index is 2.36. The first-order valence-corrected chi connectivity index (χ1v) is 5.77. The van der Waals surface area contributed by atoms with Gasteiger partial charge >= 0.3 is 0 Å². The third kappa shape index (κ3) is 2.08. The molecule has 1 fully saturated rings. The normalized spacial score (nSPS) is 38.1. The second kappa shape index (κ2) is 4.37.